The van der Waals surface area contributed by atoms with Crippen molar-refractivity contribution in [1.29, 1.82) is 0 Å². The lowest BCUT2D eigenvalue weighted by Gasteiger charge is -2.11. The molecule has 1 N–H and O–H groups in total. The molecule has 0 saturated heterocycles. The molecule has 0 amide bonds. The van der Waals surface area contributed by atoms with Gasteiger partial charge in [-0.05, 0) is 53.6 Å². The van der Waals surface area contributed by atoms with Crippen molar-refractivity contribution in [2.45, 2.75) is 37.0 Å². The lowest BCUT2D eigenvalue weighted by atomic mass is 10.1. The van der Waals surface area contributed by atoms with Crippen LogP contribution in [0.1, 0.15) is 58.3 Å². The molecule has 0 aliphatic heterocycles. The number of halogens is 3. The van der Waals surface area contributed by atoms with E-state index in [1.54, 1.807) is 36.4 Å². The Labute approximate surface area is 240 Å². The maximum Gasteiger partial charge on any atom is 0.335 e. The second kappa shape index (κ2) is 12.8. The molecule has 3 aromatic carbocycles. The van der Waals surface area contributed by atoms with Crippen molar-refractivity contribution >= 4 is 64.7 Å². The van der Waals surface area contributed by atoms with Gasteiger partial charge in [-0.15, -0.1) is 11.8 Å². The highest BCUT2D eigenvalue weighted by molar-refractivity contribution is 7.98. The summed E-state index contributed by atoms with van der Waals surface area (Å²) in [5, 5.41) is 15.2. The molecule has 196 valence electrons. The number of nitrogens with zero attached hydrogens (tertiary/aromatic N) is 1. The zero-order chi connectivity index (χ0) is 27.2. The summed E-state index contributed by atoms with van der Waals surface area (Å²) in [6.45, 7) is 4.34. The Morgan fingerprint density at radius 1 is 1.03 bits per heavy atom. The number of hydrogen-bond acceptors (Lipinski definition) is 5. The molecule has 0 spiro atoms. The molecule has 0 unspecified atom stereocenters. The number of thioether (sulfide) groups is 1. The number of carboxylic acids is 1. The Morgan fingerprint density at radius 2 is 1.76 bits per heavy atom. The SMILES string of the molecule is CC(C)c1onc(CSc2c(Cl)cccc2Cl)c1COc1ccc(/C=C/c2cccc(C(=O)O)c2)c(Cl)c1. The fourth-order valence-corrected chi connectivity index (χ4v) is 5.57. The molecule has 1 heterocycles. The zero-order valence-electron chi connectivity index (χ0n) is 20.6. The van der Waals surface area contributed by atoms with Gasteiger partial charge in [0, 0.05) is 16.6 Å². The Morgan fingerprint density at radius 3 is 2.45 bits per heavy atom. The van der Waals surface area contributed by atoms with Crippen molar-refractivity contribution in [3.63, 3.8) is 0 Å². The van der Waals surface area contributed by atoms with Crippen molar-refractivity contribution in [1.82, 2.24) is 5.16 Å². The van der Waals surface area contributed by atoms with Crippen molar-refractivity contribution in [2.24, 2.45) is 0 Å². The third-order valence-electron chi connectivity index (χ3n) is 5.64. The molecule has 0 radical (unpaired) electrons. The molecule has 38 heavy (non-hydrogen) atoms. The molecule has 0 saturated carbocycles. The molecule has 0 aliphatic carbocycles. The van der Waals surface area contributed by atoms with Crippen LogP contribution in [0.2, 0.25) is 15.1 Å². The molecule has 4 aromatic rings. The zero-order valence-corrected chi connectivity index (χ0v) is 23.7. The van der Waals surface area contributed by atoms with Crippen LogP contribution in [-0.4, -0.2) is 16.2 Å². The molecule has 1 aromatic heterocycles. The van der Waals surface area contributed by atoms with Gasteiger partial charge in [-0.3, -0.25) is 0 Å². The minimum Gasteiger partial charge on any atom is -0.489 e. The Hall–Kier alpha value is -2.90. The number of benzene rings is 3. The third kappa shape index (κ3) is 6.94. The monoisotopic (exact) mass is 587 g/mol. The van der Waals surface area contributed by atoms with Crippen molar-refractivity contribution in [2.75, 3.05) is 0 Å². The third-order valence-corrected chi connectivity index (χ3v) is 7.97. The molecule has 5 nitrogen and oxygen atoms in total. The largest absolute Gasteiger partial charge is 0.489 e. The van der Waals surface area contributed by atoms with Crippen molar-refractivity contribution < 1.29 is 19.2 Å². The van der Waals surface area contributed by atoms with Crippen LogP contribution in [0, 0.1) is 0 Å². The first-order valence-corrected chi connectivity index (χ1v) is 13.8. The number of aromatic nitrogens is 1. The highest BCUT2D eigenvalue weighted by Gasteiger charge is 2.20. The van der Waals surface area contributed by atoms with Gasteiger partial charge in [0.15, 0.2) is 0 Å². The Kier molecular flexibility index (Phi) is 9.44. The van der Waals surface area contributed by atoms with E-state index < -0.39 is 5.97 Å². The molecule has 0 aliphatic rings. The van der Waals surface area contributed by atoms with Crippen LogP contribution in [0.5, 0.6) is 5.75 Å². The smallest absolute Gasteiger partial charge is 0.335 e. The van der Waals surface area contributed by atoms with Crippen LogP contribution in [0.3, 0.4) is 0 Å². The van der Waals surface area contributed by atoms with E-state index in [1.807, 2.05) is 50.3 Å². The Balaban J connectivity index is 1.47. The van der Waals surface area contributed by atoms with E-state index >= 15 is 0 Å². The van der Waals surface area contributed by atoms with Crippen LogP contribution in [-0.2, 0) is 12.4 Å². The summed E-state index contributed by atoms with van der Waals surface area (Å²) in [5.41, 5.74) is 3.42. The van der Waals surface area contributed by atoms with E-state index in [1.165, 1.54) is 11.8 Å². The fourth-order valence-electron chi connectivity index (χ4n) is 3.69. The van der Waals surface area contributed by atoms with Crippen molar-refractivity contribution in [3.8, 4) is 5.75 Å². The van der Waals surface area contributed by atoms with Crippen LogP contribution in [0.4, 0.5) is 0 Å². The predicted octanol–water partition coefficient (Wildman–Crippen LogP) is 9.50. The molecule has 0 atom stereocenters. The molecule has 0 fully saturated rings. The summed E-state index contributed by atoms with van der Waals surface area (Å²) < 4.78 is 11.7. The minimum atomic E-state index is -0.970. The summed E-state index contributed by atoms with van der Waals surface area (Å²) in [6, 6.07) is 17.5. The van der Waals surface area contributed by atoms with Gasteiger partial charge in [-0.2, -0.15) is 0 Å². The molecular formula is C29H24Cl3NO4S. The van der Waals surface area contributed by atoms with Gasteiger partial charge in [0.1, 0.15) is 23.8 Å². The number of carbonyl (C=O) groups is 1. The summed E-state index contributed by atoms with van der Waals surface area (Å²) in [7, 11) is 0. The van der Waals surface area contributed by atoms with Crippen LogP contribution in [0.25, 0.3) is 12.2 Å². The predicted molar refractivity (Wildman–Crippen MR) is 155 cm³/mol. The topological polar surface area (TPSA) is 72.6 Å². The Bertz CT molecular complexity index is 1460. The van der Waals surface area contributed by atoms with E-state index in [-0.39, 0.29) is 18.1 Å². The van der Waals surface area contributed by atoms with E-state index in [4.69, 9.17) is 44.1 Å². The summed E-state index contributed by atoms with van der Waals surface area (Å²) in [5.74, 6) is 1.04. The highest BCUT2D eigenvalue weighted by atomic mass is 35.5. The number of hydrogen-bond donors (Lipinski definition) is 1. The van der Waals surface area contributed by atoms with E-state index in [0.717, 1.165) is 33.0 Å². The molecule has 0 bridgehead atoms. The summed E-state index contributed by atoms with van der Waals surface area (Å²) >= 11 is 20.7. The molecule has 4 rings (SSSR count). The average Bonchev–Trinajstić information content (AvgIpc) is 3.30. The van der Waals surface area contributed by atoms with Gasteiger partial charge in [0.05, 0.1) is 26.2 Å². The van der Waals surface area contributed by atoms with Crippen LogP contribution in [0.15, 0.2) is 70.1 Å². The number of aromatic carboxylic acids is 1. The van der Waals surface area contributed by atoms with E-state index in [9.17, 15) is 9.90 Å². The van der Waals surface area contributed by atoms with Gasteiger partial charge < -0.3 is 14.4 Å². The minimum absolute atomic E-state index is 0.125. The molecule has 9 heteroatoms. The second-order valence-corrected chi connectivity index (χ2v) is 10.9. The lowest BCUT2D eigenvalue weighted by molar-refractivity contribution is 0.0697. The van der Waals surface area contributed by atoms with Gasteiger partial charge in [-0.25, -0.2) is 4.79 Å². The first-order valence-electron chi connectivity index (χ1n) is 11.7. The van der Waals surface area contributed by atoms with Crippen molar-refractivity contribution in [3.05, 3.63) is 109 Å². The fraction of sp³-hybridized carbons (Fsp3) is 0.172. The van der Waals surface area contributed by atoms with Gasteiger partial charge in [0.25, 0.3) is 0 Å². The first kappa shape index (κ1) is 28.1. The second-order valence-electron chi connectivity index (χ2n) is 8.70. The first-order chi connectivity index (χ1) is 18.2. The van der Waals surface area contributed by atoms with Gasteiger partial charge >= 0.3 is 5.97 Å². The van der Waals surface area contributed by atoms with Crippen LogP contribution < -0.4 is 4.74 Å². The standard InChI is InChI=1S/C29H24Cl3NO4S/c1-17(2)27-22(26(33-37-27)16-38-28-23(30)7-4-8-24(28)31)15-36-21-12-11-19(25(32)14-21)10-9-18-5-3-6-20(13-18)29(34)35/h3-14,17H,15-16H2,1-2H3,(H,34,35)/b10-9+. The maximum atomic E-state index is 11.2. The summed E-state index contributed by atoms with van der Waals surface area (Å²) in [4.78, 5) is 12.0. The quantitative estimate of drug-likeness (QED) is 0.147. The normalized spacial score (nSPS) is 11.4. The molecular weight excluding hydrogens is 565 g/mol. The maximum absolute atomic E-state index is 11.2. The number of carboxylic acid groups (broad SMARTS) is 1. The van der Waals surface area contributed by atoms with E-state index in [2.05, 4.69) is 5.16 Å². The number of ether oxygens (including phenoxy) is 1. The summed E-state index contributed by atoms with van der Waals surface area (Å²) in [6.07, 6.45) is 3.65. The van der Waals surface area contributed by atoms with Crippen LogP contribution >= 0.6 is 46.6 Å². The highest BCUT2D eigenvalue weighted by Crippen LogP contribution is 2.37. The average molecular weight is 589 g/mol. The van der Waals surface area contributed by atoms with E-state index in [0.29, 0.717) is 26.6 Å². The van der Waals surface area contributed by atoms with Gasteiger partial charge in [-0.1, -0.05) is 84.2 Å². The number of rotatable bonds is 10. The lowest BCUT2D eigenvalue weighted by Crippen LogP contribution is -2.02. The van der Waals surface area contributed by atoms with Gasteiger partial charge in [0.2, 0.25) is 0 Å².